The number of ether oxygens (including phenoxy) is 2. The summed E-state index contributed by atoms with van der Waals surface area (Å²) in [6.07, 6.45) is -0.712. The van der Waals surface area contributed by atoms with Crippen LogP contribution in [0.25, 0.3) is 0 Å². The first-order chi connectivity index (χ1) is 14.4. The standard InChI is InChI=1S/C20H26ClN3O7/c1-12(17(25)22-16-6-5-14(24(28)29)11-15(16)21)30-18(26)13-7-9-23(10-8-13)19(27)31-20(2,3)4/h5-6,11-13H,7-10H2,1-4H3,(H,22,25). The van der Waals surface area contributed by atoms with Gasteiger partial charge in [-0.05, 0) is 46.6 Å². The molecule has 0 radical (unpaired) electrons. The van der Waals surface area contributed by atoms with Gasteiger partial charge in [-0.3, -0.25) is 19.7 Å². The van der Waals surface area contributed by atoms with Gasteiger partial charge >= 0.3 is 12.1 Å². The number of nitrogens with zero attached hydrogens (tertiary/aromatic N) is 2. The molecule has 0 bridgehead atoms. The minimum absolute atomic E-state index is 0.00408. The van der Waals surface area contributed by atoms with Crippen LogP contribution in [0.5, 0.6) is 0 Å². The summed E-state index contributed by atoms with van der Waals surface area (Å²) in [6.45, 7) is 7.48. The van der Waals surface area contributed by atoms with Gasteiger partial charge in [0.15, 0.2) is 6.10 Å². The molecule has 10 nitrogen and oxygen atoms in total. The van der Waals surface area contributed by atoms with Gasteiger partial charge in [-0.1, -0.05) is 11.6 Å². The van der Waals surface area contributed by atoms with Crippen molar-refractivity contribution in [2.24, 2.45) is 5.92 Å². The van der Waals surface area contributed by atoms with Crippen LogP contribution in [0.2, 0.25) is 5.02 Å². The molecular weight excluding hydrogens is 430 g/mol. The number of piperidine rings is 1. The van der Waals surface area contributed by atoms with Crippen molar-refractivity contribution < 1.29 is 28.8 Å². The van der Waals surface area contributed by atoms with Crippen molar-refractivity contribution in [1.29, 1.82) is 0 Å². The highest BCUT2D eigenvalue weighted by atomic mass is 35.5. The molecule has 1 aliphatic heterocycles. The Balaban J connectivity index is 1.85. The summed E-state index contributed by atoms with van der Waals surface area (Å²) in [5, 5.41) is 13.2. The molecule has 0 spiro atoms. The average Bonchev–Trinajstić information content (AvgIpc) is 2.68. The first-order valence-corrected chi connectivity index (χ1v) is 10.2. The Morgan fingerprint density at radius 2 is 1.87 bits per heavy atom. The zero-order chi connectivity index (χ0) is 23.3. The molecule has 0 saturated carbocycles. The third-order valence-electron chi connectivity index (χ3n) is 4.56. The molecule has 1 N–H and O–H groups in total. The molecular formula is C20H26ClN3O7. The molecule has 1 atom stereocenters. The summed E-state index contributed by atoms with van der Waals surface area (Å²) in [5.41, 5.74) is -0.631. The number of anilines is 1. The van der Waals surface area contributed by atoms with Gasteiger partial charge in [-0.2, -0.15) is 0 Å². The number of carbonyl (C=O) groups is 3. The van der Waals surface area contributed by atoms with Gasteiger partial charge in [0.05, 0.1) is 21.6 Å². The van der Waals surface area contributed by atoms with E-state index in [-0.39, 0.29) is 16.4 Å². The Morgan fingerprint density at radius 3 is 2.39 bits per heavy atom. The predicted octanol–water partition coefficient (Wildman–Crippen LogP) is 3.77. The van der Waals surface area contributed by atoms with E-state index in [1.807, 2.05) is 0 Å². The van der Waals surface area contributed by atoms with E-state index in [0.29, 0.717) is 25.9 Å². The molecule has 1 saturated heterocycles. The second-order valence-electron chi connectivity index (χ2n) is 8.23. The van der Waals surface area contributed by atoms with Crippen molar-refractivity contribution >= 4 is 40.9 Å². The van der Waals surface area contributed by atoms with Gasteiger partial charge in [0, 0.05) is 25.2 Å². The molecule has 2 amide bonds. The summed E-state index contributed by atoms with van der Waals surface area (Å²) in [4.78, 5) is 48.5. The van der Waals surface area contributed by atoms with Crippen LogP contribution in [0.1, 0.15) is 40.5 Å². The fourth-order valence-electron chi connectivity index (χ4n) is 2.90. The molecule has 0 aliphatic carbocycles. The summed E-state index contributed by atoms with van der Waals surface area (Å²) >= 11 is 5.96. The molecule has 11 heteroatoms. The molecule has 170 valence electrons. The van der Waals surface area contributed by atoms with E-state index >= 15 is 0 Å². The lowest BCUT2D eigenvalue weighted by Gasteiger charge is -2.32. The quantitative estimate of drug-likeness (QED) is 0.406. The third kappa shape index (κ3) is 7.09. The normalized spacial score (nSPS) is 15.7. The number of nitrogens with one attached hydrogen (secondary N) is 1. The smallest absolute Gasteiger partial charge is 0.410 e. The van der Waals surface area contributed by atoms with Crippen LogP contribution < -0.4 is 5.32 Å². The second kappa shape index (κ2) is 9.95. The van der Waals surface area contributed by atoms with Crippen molar-refractivity contribution in [2.75, 3.05) is 18.4 Å². The van der Waals surface area contributed by atoms with E-state index in [1.54, 1.807) is 25.7 Å². The number of amides is 2. The number of benzene rings is 1. The molecule has 31 heavy (non-hydrogen) atoms. The van der Waals surface area contributed by atoms with Crippen LogP contribution in [-0.4, -0.2) is 52.6 Å². The predicted molar refractivity (Wildman–Crippen MR) is 113 cm³/mol. The van der Waals surface area contributed by atoms with Crippen molar-refractivity contribution in [2.45, 2.75) is 52.2 Å². The SMILES string of the molecule is CC(OC(=O)C1CCN(C(=O)OC(C)(C)C)CC1)C(=O)Nc1ccc([N+](=O)[O-])cc1Cl. The van der Waals surface area contributed by atoms with Gasteiger partial charge in [-0.15, -0.1) is 0 Å². The average molecular weight is 456 g/mol. The van der Waals surface area contributed by atoms with E-state index in [9.17, 15) is 24.5 Å². The number of nitro benzene ring substituents is 1. The number of hydrogen-bond donors (Lipinski definition) is 1. The summed E-state index contributed by atoms with van der Waals surface area (Å²) < 4.78 is 10.6. The Kier molecular flexibility index (Phi) is 7.83. The van der Waals surface area contributed by atoms with Crippen LogP contribution in [0, 0.1) is 16.0 Å². The minimum Gasteiger partial charge on any atom is -0.452 e. The van der Waals surface area contributed by atoms with Crippen molar-refractivity contribution in [3.8, 4) is 0 Å². The molecule has 1 unspecified atom stereocenters. The Morgan fingerprint density at radius 1 is 1.26 bits per heavy atom. The number of nitro groups is 1. The van der Waals surface area contributed by atoms with E-state index in [2.05, 4.69) is 5.32 Å². The maximum Gasteiger partial charge on any atom is 0.410 e. The van der Waals surface area contributed by atoms with E-state index in [4.69, 9.17) is 21.1 Å². The molecule has 1 heterocycles. The first-order valence-electron chi connectivity index (χ1n) is 9.80. The summed E-state index contributed by atoms with van der Waals surface area (Å²) in [5.74, 6) is -1.58. The number of non-ortho nitro benzene ring substituents is 1. The number of hydrogen-bond acceptors (Lipinski definition) is 7. The lowest BCUT2D eigenvalue weighted by molar-refractivity contribution is -0.384. The van der Waals surface area contributed by atoms with Crippen molar-refractivity contribution in [3.05, 3.63) is 33.3 Å². The number of carbonyl (C=O) groups excluding carboxylic acids is 3. The summed E-state index contributed by atoms with van der Waals surface area (Å²) in [6, 6.07) is 3.63. The van der Waals surface area contributed by atoms with Crippen LogP contribution in [0.15, 0.2) is 18.2 Å². The van der Waals surface area contributed by atoms with Crippen molar-refractivity contribution in [1.82, 2.24) is 4.90 Å². The monoisotopic (exact) mass is 455 g/mol. The topological polar surface area (TPSA) is 128 Å². The minimum atomic E-state index is -1.09. The van der Waals surface area contributed by atoms with E-state index in [1.165, 1.54) is 19.1 Å². The molecule has 1 aliphatic rings. The Labute approximate surface area is 185 Å². The Bertz CT molecular complexity index is 861. The van der Waals surface area contributed by atoms with Gasteiger partial charge in [-0.25, -0.2) is 4.79 Å². The van der Waals surface area contributed by atoms with Gasteiger partial charge in [0.25, 0.3) is 11.6 Å². The number of likely N-dealkylation sites (tertiary alicyclic amines) is 1. The lowest BCUT2D eigenvalue weighted by atomic mass is 9.97. The van der Waals surface area contributed by atoms with E-state index < -0.39 is 40.5 Å². The maximum atomic E-state index is 12.4. The van der Waals surface area contributed by atoms with E-state index in [0.717, 1.165) is 6.07 Å². The second-order valence-corrected chi connectivity index (χ2v) is 8.64. The highest BCUT2D eigenvalue weighted by Gasteiger charge is 2.32. The first kappa shape index (κ1) is 24.4. The largest absolute Gasteiger partial charge is 0.452 e. The number of rotatable bonds is 5. The zero-order valence-corrected chi connectivity index (χ0v) is 18.6. The number of esters is 1. The van der Waals surface area contributed by atoms with Crippen LogP contribution >= 0.6 is 11.6 Å². The zero-order valence-electron chi connectivity index (χ0n) is 17.8. The Hall–Kier alpha value is -2.88. The lowest BCUT2D eigenvalue weighted by Crippen LogP contribution is -2.43. The summed E-state index contributed by atoms with van der Waals surface area (Å²) in [7, 11) is 0. The van der Waals surface area contributed by atoms with Crippen LogP contribution in [0.4, 0.5) is 16.2 Å². The fraction of sp³-hybridized carbons (Fsp3) is 0.550. The van der Waals surface area contributed by atoms with Gasteiger partial charge in [0.1, 0.15) is 5.60 Å². The molecule has 2 rings (SSSR count). The van der Waals surface area contributed by atoms with Gasteiger partial charge < -0.3 is 19.7 Å². The molecule has 1 aromatic rings. The number of halogens is 1. The highest BCUT2D eigenvalue weighted by Crippen LogP contribution is 2.27. The third-order valence-corrected chi connectivity index (χ3v) is 4.88. The molecule has 1 aromatic carbocycles. The maximum absolute atomic E-state index is 12.4. The molecule has 0 aromatic heterocycles. The molecule has 1 fully saturated rings. The fourth-order valence-corrected chi connectivity index (χ4v) is 3.12. The van der Waals surface area contributed by atoms with Crippen LogP contribution in [-0.2, 0) is 19.1 Å². The highest BCUT2D eigenvalue weighted by molar-refractivity contribution is 6.34. The van der Waals surface area contributed by atoms with Crippen molar-refractivity contribution in [3.63, 3.8) is 0 Å². The van der Waals surface area contributed by atoms with Crippen LogP contribution in [0.3, 0.4) is 0 Å². The van der Waals surface area contributed by atoms with Gasteiger partial charge in [0.2, 0.25) is 0 Å².